The van der Waals surface area contributed by atoms with Crippen LogP contribution >= 0.6 is 0 Å². The third kappa shape index (κ3) is 3.40. The highest BCUT2D eigenvalue weighted by molar-refractivity contribution is 6.13. The first kappa shape index (κ1) is 17.7. The van der Waals surface area contributed by atoms with Gasteiger partial charge in [-0.05, 0) is 46.8 Å². The van der Waals surface area contributed by atoms with Gasteiger partial charge < -0.3 is 5.32 Å². The summed E-state index contributed by atoms with van der Waals surface area (Å²) in [6.45, 7) is 0. The van der Waals surface area contributed by atoms with Gasteiger partial charge in [-0.25, -0.2) is 9.67 Å². The van der Waals surface area contributed by atoms with Crippen LogP contribution in [0.1, 0.15) is 10.4 Å². The lowest BCUT2D eigenvalue weighted by molar-refractivity contribution is 0.102. The van der Waals surface area contributed by atoms with Crippen molar-refractivity contribution in [2.75, 3.05) is 5.32 Å². The Bertz CT molecular complexity index is 1320. The van der Waals surface area contributed by atoms with Crippen LogP contribution < -0.4 is 5.32 Å². The molecular formula is C23H16N6O. The summed E-state index contributed by atoms with van der Waals surface area (Å²) in [5.41, 5.74) is 4.55. The predicted octanol–water partition coefficient (Wildman–Crippen LogP) is 4.13. The highest BCUT2D eigenvalue weighted by Gasteiger charge is 2.14. The van der Waals surface area contributed by atoms with Crippen molar-refractivity contribution in [1.29, 1.82) is 0 Å². The molecule has 0 spiro atoms. The molecule has 0 atom stereocenters. The zero-order valence-electron chi connectivity index (χ0n) is 15.8. The smallest absolute Gasteiger partial charge is 0.256 e. The van der Waals surface area contributed by atoms with Gasteiger partial charge in [-0.1, -0.05) is 48.5 Å². The number of hydrogen-bond donors (Lipinski definition) is 1. The van der Waals surface area contributed by atoms with Crippen LogP contribution in [0.4, 0.5) is 5.69 Å². The Labute approximate surface area is 172 Å². The van der Waals surface area contributed by atoms with Crippen molar-refractivity contribution in [2.24, 2.45) is 0 Å². The van der Waals surface area contributed by atoms with Gasteiger partial charge in [-0.2, -0.15) is 0 Å². The van der Waals surface area contributed by atoms with E-state index < -0.39 is 0 Å². The second kappa shape index (κ2) is 7.56. The SMILES string of the molecule is O=C(Nc1ccc(-n2cnnn2)cc1)c1cc(-c2ccccc2)nc2ccccc12. The lowest BCUT2D eigenvalue weighted by Gasteiger charge is -2.11. The summed E-state index contributed by atoms with van der Waals surface area (Å²) in [5.74, 6) is -0.194. The second-order valence-electron chi connectivity index (χ2n) is 6.69. The number of benzene rings is 3. The summed E-state index contributed by atoms with van der Waals surface area (Å²) in [4.78, 5) is 17.9. The summed E-state index contributed by atoms with van der Waals surface area (Å²) in [6, 6.07) is 26.6. The molecule has 0 aliphatic carbocycles. The molecule has 0 radical (unpaired) electrons. The minimum Gasteiger partial charge on any atom is -0.322 e. The highest BCUT2D eigenvalue weighted by atomic mass is 16.1. The van der Waals surface area contributed by atoms with E-state index in [0.29, 0.717) is 11.3 Å². The molecule has 0 saturated carbocycles. The fourth-order valence-electron chi connectivity index (χ4n) is 3.30. The molecule has 0 unspecified atom stereocenters. The van der Waals surface area contributed by atoms with Gasteiger partial charge in [0.05, 0.1) is 22.5 Å². The Balaban J connectivity index is 1.49. The topological polar surface area (TPSA) is 85.6 Å². The minimum atomic E-state index is -0.194. The largest absolute Gasteiger partial charge is 0.322 e. The molecule has 2 aromatic heterocycles. The molecule has 5 rings (SSSR count). The van der Waals surface area contributed by atoms with Crippen LogP contribution in [-0.4, -0.2) is 31.1 Å². The van der Waals surface area contributed by atoms with Crippen LogP contribution in [0.5, 0.6) is 0 Å². The number of nitrogens with zero attached hydrogens (tertiary/aromatic N) is 5. The van der Waals surface area contributed by atoms with Gasteiger partial charge in [0.2, 0.25) is 0 Å². The van der Waals surface area contributed by atoms with Gasteiger partial charge in [-0.3, -0.25) is 4.79 Å². The number of pyridine rings is 1. The van der Waals surface area contributed by atoms with Gasteiger partial charge in [0.1, 0.15) is 6.33 Å². The lowest BCUT2D eigenvalue weighted by atomic mass is 10.0. The molecule has 0 aliphatic heterocycles. The Morgan fingerprint density at radius 3 is 2.40 bits per heavy atom. The van der Waals surface area contributed by atoms with E-state index in [4.69, 9.17) is 4.98 Å². The third-order valence-corrected chi connectivity index (χ3v) is 4.77. The number of fused-ring (bicyclic) bond motifs is 1. The number of para-hydroxylation sites is 1. The average Bonchev–Trinajstić information content (AvgIpc) is 3.34. The maximum Gasteiger partial charge on any atom is 0.256 e. The number of hydrogen-bond acceptors (Lipinski definition) is 5. The highest BCUT2D eigenvalue weighted by Crippen LogP contribution is 2.25. The maximum atomic E-state index is 13.1. The van der Waals surface area contributed by atoms with Gasteiger partial charge in [-0.15, -0.1) is 5.10 Å². The van der Waals surface area contributed by atoms with Crippen molar-refractivity contribution in [1.82, 2.24) is 25.2 Å². The molecule has 0 aliphatic rings. The molecule has 7 heteroatoms. The van der Waals surface area contributed by atoms with E-state index in [2.05, 4.69) is 20.8 Å². The predicted molar refractivity (Wildman–Crippen MR) is 114 cm³/mol. The van der Waals surface area contributed by atoms with Crippen molar-refractivity contribution in [3.05, 3.63) is 96.8 Å². The molecule has 1 N–H and O–H groups in total. The Hall–Kier alpha value is -4.39. The molecule has 7 nitrogen and oxygen atoms in total. The number of carbonyl (C=O) groups is 1. The zero-order valence-corrected chi connectivity index (χ0v) is 15.8. The van der Waals surface area contributed by atoms with Gasteiger partial charge in [0.25, 0.3) is 5.91 Å². The Morgan fingerprint density at radius 2 is 1.63 bits per heavy atom. The number of aromatic nitrogens is 5. The van der Waals surface area contributed by atoms with E-state index in [1.165, 1.54) is 6.33 Å². The summed E-state index contributed by atoms with van der Waals surface area (Å²) in [7, 11) is 0. The fourth-order valence-corrected chi connectivity index (χ4v) is 3.30. The third-order valence-electron chi connectivity index (χ3n) is 4.77. The first-order valence-corrected chi connectivity index (χ1v) is 9.38. The molecule has 0 saturated heterocycles. The number of anilines is 1. The number of rotatable bonds is 4. The van der Waals surface area contributed by atoms with Crippen molar-refractivity contribution in [3.63, 3.8) is 0 Å². The van der Waals surface area contributed by atoms with E-state index in [9.17, 15) is 4.79 Å². The Kier molecular flexibility index (Phi) is 4.46. The number of tetrazole rings is 1. The first-order valence-electron chi connectivity index (χ1n) is 9.38. The van der Waals surface area contributed by atoms with Gasteiger partial charge >= 0.3 is 0 Å². The monoisotopic (exact) mass is 392 g/mol. The summed E-state index contributed by atoms with van der Waals surface area (Å²) in [5, 5.41) is 14.9. The van der Waals surface area contributed by atoms with Crippen LogP contribution in [0, 0.1) is 0 Å². The van der Waals surface area contributed by atoms with E-state index >= 15 is 0 Å². The molecule has 0 fully saturated rings. The summed E-state index contributed by atoms with van der Waals surface area (Å²) < 4.78 is 1.55. The van der Waals surface area contributed by atoms with Crippen LogP contribution in [-0.2, 0) is 0 Å². The fraction of sp³-hybridized carbons (Fsp3) is 0. The van der Waals surface area contributed by atoms with Crippen LogP contribution in [0.15, 0.2) is 91.3 Å². The normalized spacial score (nSPS) is 10.8. The summed E-state index contributed by atoms with van der Waals surface area (Å²) >= 11 is 0. The van der Waals surface area contributed by atoms with Crippen molar-refractivity contribution in [3.8, 4) is 16.9 Å². The average molecular weight is 392 g/mol. The molecule has 2 heterocycles. The van der Waals surface area contributed by atoms with E-state index in [-0.39, 0.29) is 5.91 Å². The molecule has 3 aromatic carbocycles. The standard InChI is InChI=1S/C23H16N6O/c30-23(25-17-10-12-18(13-11-17)29-15-24-27-28-29)20-14-22(16-6-2-1-3-7-16)26-21-9-5-4-8-19(20)21/h1-15H,(H,25,30). The van der Waals surface area contributed by atoms with Crippen LogP contribution in [0.25, 0.3) is 27.8 Å². The summed E-state index contributed by atoms with van der Waals surface area (Å²) in [6.07, 6.45) is 1.52. The molecule has 1 amide bonds. The van der Waals surface area contributed by atoms with Crippen molar-refractivity contribution < 1.29 is 4.79 Å². The zero-order chi connectivity index (χ0) is 20.3. The van der Waals surface area contributed by atoms with Crippen molar-refractivity contribution >= 4 is 22.5 Å². The molecular weight excluding hydrogens is 376 g/mol. The van der Waals surface area contributed by atoms with E-state index in [1.54, 1.807) is 4.68 Å². The molecule has 30 heavy (non-hydrogen) atoms. The minimum absolute atomic E-state index is 0.194. The van der Waals surface area contributed by atoms with Gasteiger partial charge in [0, 0.05) is 16.6 Å². The molecule has 0 bridgehead atoms. The van der Waals surface area contributed by atoms with E-state index in [1.807, 2.05) is 84.9 Å². The number of carbonyl (C=O) groups excluding carboxylic acids is 1. The number of nitrogens with one attached hydrogen (secondary N) is 1. The van der Waals surface area contributed by atoms with Crippen molar-refractivity contribution in [2.45, 2.75) is 0 Å². The van der Waals surface area contributed by atoms with Gasteiger partial charge in [0.15, 0.2) is 0 Å². The lowest BCUT2D eigenvalue weighted by Crippen LogP contribution is -2.13. The molecule has 144 valence electrons. The Morgan fingerprint density at radius 1 is 0.867 bits per heavy atom. The molecule has 5 aromatic rings. The van der Waals surface area contributed by atoms with Crippen LogP contribution in [0.3, 0.4) is 0 Å². The van der Waals surface area contributed by atoms with E-state index in [0.717, 1.165) is 27.8 Å². The second-order valence-corrected chi connectivity index (χ2v) is 6.69. The quantitative estimate of drug-likeness (QED) is 0.497. The van der Waals surface area contributed by atoms with Crippen LogP contribution in [0.2, 0.25) is 0 Å². The first-order chi connectivity index (χ1) is 14.8. The maximum absolute atomic E-state index is 13.1. The number of amides is 1.